The highest BCUT2D eigenvalue weighted by atomic mass is 16.5. The minimum atomic E-state index is -0.986. The molecule has 0 saturated heterocycles. The Morgan fingerprint density at radius 3 is 2.45 bits per heavy atom. The summed E-state index contributed by atoms with van der Waals surface area (Å²) in [5.41, 5.74) is 1.44. The first-order valence-electron chi connectivity index (χ1n) is 6.80. The number of para-hydroxylation sites is 1. The molecule has 0 bridgehead atoms. The largest absolute Gasteiger partial charge is 0.478 e. The predicted molar refractivity (Wildman–Crippen MR) is 78.5 cm³/mol. The molecule has 3 nitrogen and oxygen atoms in total. The summed E-state index contributed by atoms with van der Waals surface area (Å²) in [6.45, 7) is 2.17. The zero-order valence-electron chi connectivity index (χ0n) is 11.5. The fraction of sp³-hybridized carbons (Fsp3) is 0.235. The van der Waals surface area contributed by atoms with Crippen LogP contribution in [0.5, 0.6) is 11.5 Å². The van der Waals surface area contributed by atoms with Crippen LogP contribution < -0.4 is 4.74 Å². The standard InChI is InChI=1S/C17H18O3/c1-2-3-6-13-9-11-14(12-10-13)20-16-8-5-4-7-15(16)17(18)19/h4-5,7-12H,2-3,6H2,1H3,(H,18,19). The maximum atomic E-state index is 11.1. The van der Waals surface area contributed by atoms with Gasteiger partial charge in [-0.1, -0.05) is 37.6 Å². The SMILES string of the molecule is CCCCc1ccc(Oc2ccccc2C(=O)O)cc1. The van der Waals surface area contributed by atoms with E-state index >= 15 is 0 Å². The predicted octanol–water partition coefficient (Wildman–Crippen LogP) is 4.52. The fourth-order valence-corrected chi connectivity index (χ4v) is 1.96. The van der Waals surface area contributed by atoms with Crippen molar-refractivity contribution in [3.63, 3.8) is 0 Å². The number of rotatable bonds is 6. The van der Waals surface area contributed by atoms with Gasteiger partial charge in [0.25, 0.3) is 0 Å². The van der Waals surface area contributed by atoms with Gasteiger partial charge in [0.05, 0.1) is 0 Å². The quantitative estimate of drug-likeness (QED) is 0.839. The van der Waals surface area contributed by atoms with Crippen LogP contribution in [0.1, 0.15) is 35.7 Å². The molecular weight excluding hydrogens is 252 g/mol. The highest BCUT2D eigenvalue weighted by molar-refractivity contribution is 5.90. The van der Waals surface area contributed by atoms with E-state index in [1.807, 2.05) is 24.3 Å². The molecule has 0 aromatic heterocycles. The topological polar surface area (TPSA) is 46.5 Å². The molecule has 0 amide bonds. The van der Waals surface area contributed by atoms with Crippen molar-refractivity contribution in [2.45, 2.75) is 26.2 Å². The second-order valence-electron chi connectivity index (χ2n) is 4.65. The van der Waals surface area contributed by atoms with E-state index in [9.17, 15) is 4.79 Å². The lowest BCUT2D eigenvalue weighted by atomic mass is 10.1. The average Bonchev–Trinajstić information content (AvgIpc) is 2.47. The number of benzene rings is 2. The number of aromatic carboxylic acids is 1. The molecule has 20 heavy (non-hydrogen) atoms. The van der Waals surface area contributed by atoms with Crippen LogP contribution in [0.25, 0.3) is 0 Å². The molecule has 2 rings (SSSR count). The van der Waals surface area contributed by atoms with Crippen LogP contribution in [0.4, 0.5) is 0 Å². The van der Waals surface area contributed by atoms with Crippen LogP contribution in [0.3, 0.4) is 0 Å². The van der Waals surface area contributed by atoms with Crippen molar-refractivity contribution in [2.24, 2.45) is 0 Å². The van der Waals surface area contributed by atoms with Gasteiger partial charge in [-0.25, -0.2) is 4.79 Å². The second kappa shape index (κ2) is 6.75. The van der Waals surface area contributed by atoms with Crippen molar-refractivity contribution >= 4 is 5.97 Å². The van der Waals surface area contributed by atoms with Gasteiger partial charge in [0, 0.05) is 0 Å². The molecule has 104 valence electrons. The molecule has 0 aliphatic rings. The number of ether oxygens (including phenoxy) is 1. The summed E-state index contributed by atoms with van der Waals surface area (Å²) in [4.78, 5) is 11.1. The third-order valence-corrected chi connectivity index (χ3v) is 3.09. The molecule has 1 N–H and O–H groups in total. The lowest BCUT2D eigenvalue weighted by Gasteiger charge is -2.09. The van der Waals surface area contributed by atoms with E-state index in [2.05, 4.69) is 6.92 Å². The Morgan fingerprint density at radius 1 is 1.10 bits per heavy atom. The Hall–Kier alpha value is -2.29. The molecule has 0 fully saturated rings. The van der Waals surface area contributed by atoms with Crippen LogP contribution in [0, 0.1) is 0 Å². The minimum Gasteiger partial charge on any atom is -0.478 e. The lowest BCUT2D eigenvalue weighted by molar-refractivity contribution is 0.0694. The number of aryl methyl sites for hydroxylation is 1. The highest BCUT2D eigenvalue weighted by Crippen LogP contribution is 2.25. The van der Waals surface area contributed by atoms with Crippen LogP contribution in [0.15, 0.2) is 48.5 Å². The molecule has 0 aliphatic heterocycles. The first kappa shape index (κ1) is 14.1. The summed E-state index contributed by atoms with van der Waals surface area (Å²) in [5, 5.41) is 9.10. The number of carbonyl (C=O) groups is 1. The van der Waals surface area contributed by atoms with Crippen molar-refractivity contribution in [1.82, 2.24) is 0 Å². The first-order chi connectivity index (χ1) is 9.70. The molecule has 0 unspecified atom stereocenters. The Kier molecular flexibility index (Phi) is 4.77. The van der Waals surface area contributed by atoms with Crippen LogP contribution in [0.2, 0.25) is 0 Å². The summed E-state index contributed by atoms with van der Waals surface area (Å²) >= 11 is 0. The van der Waals surface area contributed by atoms with Crippen LogP contribution in [-0.4, -0.2) is 11.1 Å². The van der Waals surface area contributed by atoms with E-state index in [4.69, 9.17) is 9.84 Å². The van der Waals surface area contributed by atoms with Crippen molar-refractivity contribution in [3.8, 4) is 11.5 Å². The average molecular weight is 270 g/mol. The third kappa shape index (κ3) is 3.60. The molecule has 0 atom stereocenters. The van der Waals surface area contributed by atoms with Gasteiger partial charge in [-0.3, -0.25) is 0 Å². The Balaban J connectivity index is 2.12. The summed E-state index contributed by atoms with van der Waals surface area (Å²) in [7, 11) is 0. The minimum absolute atomic E-state index is 0.169. The van der Waals surface area contributed by atoms with Gasteiger partial charge in [-0.05, 0) is 42.7 Å². The summed E-state index contributed by atoms with van der Waals surface area (Å²) in [6, 6.07) is 14.4. The van der Waals surface area contributed by atoms with Gasteiger partial charge in [0.1, 0.15) is 17.1 Å². The molecule has 3 heteroatoms. The van der Waals surface area contributed by atoms with Crippen LogP contribution in [-0.2, 0) is 6.42 Å². The number of carboxylic acids is 1. The van der Waals surface area contributed by atoms with Crippen molar-refractivity contribution < 1.29 is 14.6 Å². The fourth-order valence-electron chi connectivity index (χ4n) is 1.96. The third-order valence-electron chi connectivity index (χ3n) is 3.09. The summed E-state index contributed by atoms with van der Waals surface area (Å²) in [5.74, 6) is 0.0282. The molecule has 0 heterocycles. The maximum absolute atomic E-state index is 11.1. The van der Waals surface area contributed by atoms with Crippen molar-refractivity contribution in [1.29, 1.82) is 0 Å². The van der Waals surface area contributed by atoms with E-state index in [0.717, 1.165) is 6.42 Å². The molecule has 0 radical (unpaired) electrons. The van der Waals surface area contributed by atoms with Crippen LogP contribution >= 0.6 is 0 Å². The number of hydrogen-bond donors (Lipinski definition) is 1. The van der Waals surface area contributed by atoms with Gasteiger partial charge in [0.2, 0.25) is 0 Å². The number of carboxylic acid groups (broad SMARTS) is 1. The van der Waals surface area contributed by atoms with E-state index in [-0.39, 0.29) is 5.56 Å². The zero-order chi connectivity index (χ0) is 14.4. The summed E-state index contributed by atoms with van der Waals surface area (Å²) in [6.07, 6.45) is 3.40. The maximum Gasteiger partial charge on any atom is 0.339 e. The molecule has 0 aliphatic carbocycles. The second-order valence-corrected chi connectivity index (χ2v) is 4.65. The molecular formula is C17H18O3. The zero-order valence-corrected chi connectivity index (χ0v) is 11.5. The lowest BCUT2D eigenvalue weighted by Crippen LogP contribution is -1.99. The Morgan fingerprint density at radius 2 is 1.80 bits per heavy atom. The number of hydrogen-bond acceptors (Lipinski definition) is 2. The van der Waals surface area contributed by atoms with E-state index in [0.29, 0.717) is 11.5 Å². The molecule has 2 aromatic carbocycles. The normalized spacial score (nSPS) is 10.2. The molecule has 0 saturated carbocycles. The van der Waals surface area contributed by atoms with Gasteiger partial charge in [-0.2, -0.15) is 0 Å². The van der Waals surface area contributed by atoms with Gasteiger partial charge in [0.15, 0.2) is 0 Å². The van der Waals surface area contributed by atoms with Gasteiger partial charge < -0.3 is 9.84 Å². The van der Waals surface area contributed by atoms with E-state index in [1.165, 1.54) is 24.5 Å². The first-order valence-corrected chi connectivity index (χ1v) is 6.80. The Labute approximate surface area is 118 Å². The highest BCUT2D eigenvalue weighted by Gasteiger charge is 2.10. The van der Waals surface area contributed by atoms with Crippen molar-refractivity contribution in [2.75, 3.05) is 0 Å². The summed E-state index contributed by atoms with van der Waals surface area (Å²) < 4.78 is 5.65. The van der Waals surface area contributed by atoms with Crippen molar-refractivity contribution in [3.05, 3.63) is 59.7 Å². The monoisotopic (exact) mass is 270 g/mol. The molecule has 0 spiro atoms. The Bertz CT molecular complexity index is 573. The number of unbranched alkanes of at least 4 members (excludes halogenated alkanes) is 1. The van der Waals surface area contributed by atoms with Gasteiger partial charge in [-0.15, -0.1) is 0 Å². The van der Waals surface area contributed by atoms with E-state index in [1.54, 1.807) is 18.2 Å². The van der Waals surface area contributed by atoms with E-state index < -0.39 is 5.97 Å². The van der Waals surface area contributed by atoms with Gasteiger partial charge >= 0.3 is 5.97 Å². The molecule has 2 aromatic rings. The smallest absolute Gasteiger partial charge is 0.339 e.